The predicted molar refractivity (Wildman–Crippen MR) is 195 cm³/mol. The highest BCUT2D eigenvalue weighted by Crippen LogP contribution is 2.58. The Bertz CT molecular complexity index is 1110. The average Bonchev–Trinajstić information content (AvgIpc) is 2.81. The van der Waals surface area contributed by atoms with Gasteiger partial charge in [-0.2, -0.15) is 0 Å². The van der Waals surface area contributed by atoms with Crippen molar-refractivity contribution >= 4 is 239 Å². The van der Waals surface area contributed by atoms with Crippen molar-refractivity contribution in [3.63, 3.8) is 0 Å². The molecule has 0 unspecified atom stereocenters. The number of hydrogen-bond acceptors (Lipinski definition) is 0. The van der Waals surface area contributed by atoms with Gasteiger partial charge in [-0.25, -0.2) is 0 Å². The van der Waals surface area contributed by atoms with Crippen molar-refractivity contribution in [1.82, 2.24) is 0 Å². The molecule has 1 radical (unpaired) electrons. The molecular weight excluding hydrogens is 1430 g/mol. The molecule has 0 aliphatic heterocycles. The molecule has 0 saturated carbocycles. The molecule has 0 N–H and O–H groups in total. The Morgan fingerprint density at radius 2 is 0.324 bits per heavy atom. The molecule has 34 heavy (non-hydrogen) atoms. The molecule has 0 fully saturated rings. The van der Waals surface area contributed by atoms with Crippen LogP contribution in [-0.4, -0.2) is 0 Å². The van der Waals surface area contributed by atoms with Crippen molar-refractivity contribution in [2.45, 2.75) is 0 Å². The fraction of sp³-hybridized carbons (Fsp3) is 0. The highest BCUT2D eigenvalue weighted by Gasteiger charge is 2.36. The molecule has 3 rings (SSSR count). The van der Waals surface area contributed by atoms with Crippen LogP contribution in [0.3, 0.4) is 0 Å². The molecular formula is C19Br15. The summed E-state index contributed by atoms with van der Waals surface area (Å²) in [5.41, 5.74) is 2.73. The first kappa shape index (κ1) is 33.4. The predicted octanol–water partition coefficient (Wildman–Crippen LogP) is 16.1. The SMILES string of the molecule is Brc1c(Br)c(Br)c([C](c2c(Br)c(Br)c(Br)c(Br)c2Br)c2c(Br)c(Br)c(Br)c(Br)c2Br)c(Br)c1Br. The maximum atomic E-state index is 3.84. The van der Waals surface area contributed by atoms with Gasteiger partial charge in [0.2, 0.25) is 0 Å². The van der Waals surface area contributed by atoms with Crippen LogP contribution in [0.25, 0.3) is 0 Å². The molecule has 0 aliphatic rings. The third-order valence-electron chi connectivity index (χ3n) is 4.38. The third-order valence-corrected chi connectivity index (χ3v) is 22.7. The van der Waals surface area contributed by atoms with E-state index in [2.05, 4.69) is 239 Å². The molecule has 0 atom stereocenters. The number of rotatable bonds is 3. The Morgan fingerprint density at radius 3 is 0.471 bits per heavy atom. The maximum absolute atomic E-state index is 3.84. The van der Waals surface area contributed by atoms with E-state index < -0.39 is 0 Å². The van der Waals surface area contributed by atoms with Gasteiger partial charge >= 0.3 is 0 Å². The van der Waals surface area contributed by atoms with Crippen LogP contribution < -0.4 is 0 Å². The Hall–Kier alpha value is 4.86. The molecule has 0 amide bonds. The van der Waals surface area contributed by atoms with Crippen molar-refractivity contribution in [3.05, 3.63) is 89.7 Å². The van der Waals surface area contributed by atoms with Crippen LogP contribution in [0.2, 0.25) is 0 Å². The van der Waals surface area contributed by atoms with Gasteiger partial charge in [0.25, 0.3) is 0 Å². The Morgan fingerprint density at radius 1 is 0.206 bits per heavy atom. The minimum Gasteiger partial charge on any atom is -0.0492 e. The molecule has 0 aromatic heterocycles. The zero-order valence-electron chi connectivity index (χ0n) is 15.2. The van der Waals surface area contributed by atoms with E-state index >= 15 is 0 Å². The summed E-state index contributed by atoms with van der Waals surface area (Å²) < 4.78 is 12.9. The average molecular weight is 1430 g/mol. The van der Waals surface area contributed by atoms with Gasteiger partial charge < -0.3 is 0 Å². The molecule has 0 nitrogen and oxygen atoms in total. The molecule has 181 valence electrons. The summed E-state index contributed by atoms with van der Waals surface area (Å²) in [5.74, 6) is 0.910. The third kappa shape index (κ3) is 6.00. The van der Waals surface area contributed by atoms with Crippen molar-refractivity contribution in [3.8, 4) is 0 Å². The smallest absolute Gasteiger partial charge is 0.0492 e. The molecule has 0 bridgehead atoms. The van der Waals surface area contributed by atoms with Gasteiger partial charge in [0.15, 0.2) is 0 Å². The number of benzene rings is 3. The van der Waals surface area contributed by atoms with Crippen LogP contribution >= 0.6 is 239 Å². The Kier molecular flexibility index (Phi) is 13.2. The Balaban J connectivity index is 2.68. The highest BCUT2D eigenvalue weighted by molar-refractivity contribution is 9.17. The minimum atomic E-state index is 0.854. The zero-order valence-corrected chi connectivity index (χ0v) is 39.0. The van der Waals surface area contributed by atoms with E-state index in [0.29, 0.717) is 0 Å². The van der Waals surface area contributed by atoms with Gasteiger partial charge in [0.1, 0.15) is 0 Å². The van der Waals surface area contributed by atoms with E-state index in [9.17, 15) is 0 Å². The first-order valence-corrected chi connectivity index (χ1v) is 20.0. The van der Waals surface area contributed by atoms with E-state index in [1.54, 1.807) is 0 Å². The van der Waals surface area contributed by atoms with Crippen LogP contribution in [0.5, 0.6) is 0 Å². The van der Waals surface area contributed by atoms with E-state index in [-0.39, 0.29) is 0 Å². The first-order valence-electron chi connectivity index (χ1n) is 8.08. The number of hydrogen-bond donors (Lipinski definition) is 0. The highest BCUT2D eigenvalue weighted by atomic mass is 79.9. The standard InChI is InChI=1S/C19Br15/c20-5-2(6(21)12(27)17(32)11(5)26)1(3-7(22)13(28)18(33)14(29)8(3)23)4-9(24)15(30)19(34)16(31)10(4)25. The second kappa shape index (κ2) is 13.4. The molecule has 0 spiro atoms. The van der Waals surface area contributed by atoms with Gasteiger partial charge in [0, 0.05) is 67.1 Å². The van der Waals surface area contributed by atoms with E-state index in [1.165, 1.54) is 0 Å². The Labute approximate surface area is 322 Å². The van der Waals surface area contributed by atoms with Crippen molar-refractivity contribution in [2.75, 3.05) is 0 Å². The molecule has 3 aromatic rings. The van der Waals surface area contributed by atoms with Crippen molar-refractivity contribution in [2.24, 2.45) is 0 Å². The van der Waals surface area contributed by atoms with E-state index in [4.69, 9.17) is 0 Å². The number of halogens is 15. The van der Waals surface area contributed by atoms with Gasteiger partial charge in [-0.1, -0.05) is 0 Å². The summed E-state index contributed by atoms with van der Waals surface area (Å²) in [6.45, 7) is 0. The van der Waals surface area contributed by atoms with Crippen LogP contribution in [-0.2, 0) is 0 Å². The van der Waals surface area contributed by atoms with Gasteiger partial charge in [0.05, 0.1) is 5.92 Å². The zero-order chi connectivity index (χ0) is 26.0. The lowest BCUT2D eigenvalue weighted by Gasteiger charge is -2.29. The molecule has 0 aliphatic carbocycles. The summed E-state index contributed by atoms with van der Waals surface area (Å²) >= 11 is 56.4. The summed E-state index contributed by atoms with van der Waals surface area (Å²) in [5, 5.41) is 0. The summed E-state index contributed by atoms with van der Waals surface area (Å²) in [4.78, 5) is 0. The molecule has 15 heteroatoms. The van der Waals surface area contributed by atoms with Crippen LogP contribution in [0, 0.1) is 5.92 Å². The molecule has 3 aromatic carbocycles. The van der Waals surface area contributed by atoms with Gasteiger partial charge in [-0.15, -0.1) is 0 Å². The topological polar surface area (TPSA) is 0 Å². The summed E-state index contributed by atoms with van der Waals surface area (Å²) in [6, 6.07) is 0. The molecule has 0 heterocycles. The monoisotopic (exact) mass is 1410 g/mol. The molecule has 0 saturated heterocycles. The van der Waals surface area contributed by atoms with Crippen molar-refractivity contribution < 1.29 is 0 Å². The van der Waals surface area contributed by atoms with Gasteiger partial charge in [-0.05, 0) is 256 Å². The van der Waals surface area contributed by atoms with Crippen molar-refractivity contribution in [1.29, 1.82) is 0 Å². The lowest BCUT2D eigenvalue weighted by molar-refractivity contribution is 1.13. The van der Waals surface area contributed by atoms with Crippen LogP contribution in [0.15, 0.2) is 67.1 Å². The summed E-state index contributed by atoms with van der Waals surface area (Å²) in [6.07, 6.45) is 0. The second-order valence-corrected chi connectivity index (χ2v) is 18.1. The second-order valence-electron chi connectivity index (χ2n) is 6.21. The largest absolute Gasteiger partial charge is 0.0700 e. The van der Waals surface area contributed by atoms with E-state index in [0.717, 1.165) is 89.7 Å². The van der Waals surface area contributed by atoms with Gasteiger partial charge in [-0.3, -0.25) is 0 Å². The lowest BCUT2D eigenvalue weighted by atomic mass is 9.85. The first-order chi connectivity index (χ1) is 15.7. The quantitative estimate of drug-likeness (QED) is 0.139. The fourth-order valence-corrected chi connectivity index (χ4v) is 13.2. The maximum Gasteiger partial charge on any atom is 0.0700 e. The summed E-state index contributed by atoms with van der Waals surface area (Å²) in [7, 11) is 0. The van der Waals surface area contributed by atoms with Crippen LogP contribution in [0.4, 0.5) is 0 Å². The normalized spacial score (nSPS) is 11.6. The fourth-order valence-electron chi connectivity index (χ4n) is 2.85. The van der Waals surface area contributed by atoms with E-state index in [1.807, 2.05) is 0 Å². The van der Waals surface area contributed by atoms with Crippen LogP contribution in [0.1, 0.15) is 16.7 Å². The lowest BCUT2D eigenvalue weighted by Crippen LogP contribution is -2.12. The minimum absolute atomic E-state index is 0.854.